The Labute approximate surface area is 107 Å². The van der Waals surface area contributed by atoms with Gasteiger partial charge in [-0.25, -0.2) is 4.39 Å². The normalized spacial score (nSPS) is 19.6. The minimum atomic E-state index is -0.542. The van der Waals surface area contributed by atoms with E-state index >= 15 is 0 Å². The average Bonchev–Trinajstić information content (AvgIpc) is 2.46. The first kappa shape index (κ1) is 13.1. The molecule has 3 nitrogen and oxygen atoms in total. The fourth-order valence-electron chi connectivity index (χ4n) is 2.50. The molecule has 1 aliphatic rings. The second kappa shape index (κ2) is 6.05. The molecule has 1 aromatic carbocycles. The van der Waals surface area contributed by atoms with Crippen LogP contribution in [0.4, 0.5) is 4.39 Å². The van der Waals surface area contributed by atoms with Crippen LogP contribution in [-0.2, 0) is 6.67 Å². The summed E-state index contributed by atoms with van der Waals surface area (Å²) in [5.41, 5.74) is 1.64. The summed E-state index contributed by atoms with van der Waals surface area (Å²) in [4.78, 5) is 0. The Hall–Kier alpha value is -1.29. The van der Waals surface area contributed by atoms with Crippen molar-refractivity contribution in [1.29, 1.82) is 0 Å². The highest BCUT2D eigenvalue weighted by molar-refractivity contribution is 5.50. The maximum absolute atomic E-state index is 13.1. The monoisotopic (exact) mass is 253 g/mol. The van der Waals surface area contributed by atoms with Crippen molar-refractivity contribution in [3.8, 4) is 11.5 Å². The largest absolute Gasteiger partial charge is 0.493 e. The fraction of sp³-hybridized carbons (Fsp3) is 0.571. The van der Waals surface area contributed by atoms with E-state index in [1.165, 1.54) is 20.0 Å². The number of hydrogen-bond acceptors (Lipinski definition) is 3. The highest BCUT2D eigenvalue weighted by Crippen LogP contribution is 2.36. The van der Waals surface area contributed by atoms with Crippen LogP contribution >= 0.6 is 0 Å². The summed E-state index contributed by atoms with van der Waals surface area (Å²) in [6.07, 6.45) is 3.50. The quantitative estimate of drug-likeness (QED) is 0.894. The highest BCUT2D eigenvalue weighted by Gasteiger charge is 2.19. The van der Waals surface area contributed by atoms with E-state index in [-0.39, 0.29) is 0 Å². The van der Waals surface area contributed by atoms with Crippen LogP contribution in [0, 0.1) is 0 Å². The Morgan fingerprint density at radius 2 is 2.11 bits per heavy atom. The summed E-state index contributed by atoms with van der Waals surface area (Å²) in [7, 11) is 3.12. The summed E-state index contributed by atoms with van der Waals surface area (Å²) in [6.45, 7) is 0.476. The average molecular weight is 253 g/mol. The van der Waals surface area contributed by atoms with E-state index in [0.29, 0.717) is 23.1 Å². The molecule has 1 N–H and O–H groups in total. The van der Waals surface area contributed by atoms with Gasteiger partial charge in [-0.2, -0.15) is 0 Å². The lowest BCUT2D eigenvalue weighted by atomic mass is 9.95. The molecule has 1 heterocycles. The SMILES string of the molecule is COc1cc(C2CCCCN2)cc(CF)c1OC. The maximum atomic E-state index is 13.1. The van der Waals surface area contributed by atoms with Gasteiger partial charge in [0.1, 0.15) is 6.67 Å². The zero-order chi connectivity index (χ0) is 13.0. The number of hydrogen-bond donors (Lipinski definition) is 1. The Balaban J connectivity index is 2.35. The molecule has 2 rings (SSSR count). The van der Waals surface area contributed by atoms with Crippen molar-refractivity contribution in [3.63, 3.8) is 0 Å². The van der Waals surface area contributed by atoms with Gasteiger partial charge in [0.05, 0.1) is 14.2 Å². The van der Waals surface area contributed by atoms with Gasteiger partial charge in [0.2, 0.25) is 0 Å². The van der Waals surface area contributed by atoms with E-state index in [1.54, 1.807) is 7.11 Å². The van der Waals surface area contributed by atoms with Crippen LogP contribution in [0.3, 0.4) is 0 Å². The van der Waals surface area contributed by atoms with Gasteiger partial charge in [-0.15, -0.1) is 0 Å². The van der Waals surface area contributed by atoms with Gasteiger partial charge in [0.25, 0.3) is 0 Å². The minimum absolute atomic E-state index is 0.295. The summed E-state index contributed by atoms with van der Waals surface area (Å²) in [6, 6.07) is 4.12. The molecule has 1 fully saturated rings. The number of halogens is 1. The van der Waals surface area contributed by atoms with Gasteiger partial charge in [-0.1, -0.05) is 6.42 Å². The molecule has 0 radical (unpaired) electrons. The van der Waals surface area contributed by atoms with E-state index in [1.807, 2.05) is 12.1 Å². The third-order valence-electron chi connectivity index (χ3n) is 3.43. The van der Waals surface area contributed by atoms with Gasteiger partial charge in [0, 0.05) is 11.6 Å². The molecule has 1 saturated heterocycles. The third-order valence-corrected chi connectivity index (χ3v) is 3.43. The molecular formula is C14H20FNO2. The Morgan fingerprint density at radius 3 is 2.67 bits per heavy atom. The van der Waals surface area contributed by atoms with Crippen LogP contribution in [0.15, 0.2) is 12.1 Å². The van der Waals surface area contributed by atoms with Gasteiger partial charge in [-0.05, 0) is 37.1 Å². The number of rotatable bonds is 4. The lowest BCUT2D eigenvalue weighted by molar-refractivity contribution is 0.342. The molecule has 100 valence electrons. The summed E-state index contributed by atoms with van der Waals surface area (Å²) < 4.78 is 23.6. The molecule has 1 aromatic rings. The van der Waals surface area contributed by atoms with E-state index in [0.717, 1.165) is 18.5 Å². The minimum Gasteiger partial charge on any atom is -0.493 e. The summed E-state index contributed by atoms with van der Waals surface area (Å²) in [5, 5.41) is 3.46. The number of ether oxygens (including phenoxy) is 2. The topological polar surface area (TPSA) is 30.5 Å². The lowest BCUT2D eigenvalue weighted by Crippen LogP contribution is -2.26. The number of nitrogens with one attached hydrogen (secondary N) is 1. The van der Waals surface area contributed by atoms with Crippen LogP contribution in [0.25, 0.3) is 0 Å². The highest BCUT2D eigenvalue weighted by atomic mass is 19.1. The predicted octanol–water partition coefficient (Wildman–Crippen LogP) is 2.99. The van der Waals surface area contributed by atoms with E-state index in [2.05, 4.69) is 5.32 Å². The van der Waals surface area contributed by atoms with Crippen molar-refractivity contribution in [2.24, 2.45) is 0 Å². The lowest BCUT2D eigenvalue weighted by Gasteiger charge is -2.25. The number of methoxy groups -OCH3 is 2. The molecule has 4 heteroatoms. The molecule has 18 heavy (non-hydrogen) atoms. The first-order chi connectivity index (χ1) is 8.80. The van der Waals surface area contributed by atoms with Crippen molar-refractivity contribution in [1.82, 2.24) is 5.32 Å². The van der Waals surface area contributed by atoms with E-state index < -0.39 is 6.67 Å². The van der Waals surface area contributed by atoms with Crippen LogP contribution in [0.5, 0.6) is 11.5 Å². The van der Waals surface area contributed by atoms with Crippen LogP contribution in [0.2, 0.25) is 0 Å². The van der Waals surface area contributed by atoms with Gasteiger partial charge >= 0.3 is 0 Å². The van der Waals surface area contributed by atoms with Gasteiger partial charge < -0.3 is 14.8 Å². The Kier molecular flexibility index (Phi) is 4.42. The predicted molar refractivity (Wildman–Crippen MR) is 69.0 cm³/mol. The molecule has 0 amide bonds. The van der Waals surface area contributed by atoms with Crippen molar-refractivity contribution >= 4 is 0 Å². The zero-order valence-corrected chi connectivity index (χ0v) is 11.0. The number of alkyl halides is 1. The molecule has 1 aliphatic heterocycles. The van der Waals surface area contributed by atoms with Crippen molar-refractivity contribution < 1.29 is 13.9 Å². The molecule has 0 bridgehead atoms. The molecule has 0 spiro atoms. The van der Waals surface area contributed by atoms with Crippen LogP contribution < -0.4 is 14.8 Å². The molecule has 0 aromatic heterocycles. The first-order valence-electron chi connectivity index (χ1n) is 6.34. The van der Waals surface area contributed by atoms with Crippen molar-refractivity contribution in [3.05, 3.63) is 23.3 Å². The Bertz CT molecular complexity index is 378. The molecular weight excluding hydrogens is 233 g/mol. The van der Waals surface area contributed by atoms with Crippen LogP contribution in [-0.4, -0.2) is 20.8 Å². The van der Waals surface area contributed by atoms with E-state index in [9.17, 15) is 4.39 Å². The molecule has 0 aliphatic carbocycles. The summed E-state index contributed by atoms with van der Waals surface area (Å²) >= 11 is 0. The van der Waals surface area contributed by atoms with Crippen molar-refractivity contribution in [2.75, 3.05) is 20.8 Å². The fourth-order valence-corrected chi connectivity index (χ4v) is 2.50. The van der Waals surface area contributed by atoms with Crippen molar-refractivity contribution in [2.45, 2.75) is 32.0 Å². The number of piperidine rings is 1. The van der Waals surface area contributed by atoms with Crippen LogP contribution in [0.1, 0.15) is 36.4 Å². The third kappa shape index (κ3) is 2.58. The maximum Gasteiger partial charge on any atom is 0.166 e. The standard InChI is InChI=1S/C14H20FNO2/c1-17-13-8-10(12-5-3-4-6-16-12)7-11(9-15)14(13)18-2/h7-8,12,16H,3-6,9H2,1-2H3. The van der Waals surface area contributed by atoms with E-state index in [4.69, 9.17) is 9.47 Å². The number of benzene rings is 1. The smallest absolute Gasteiger partial charge is 0.166 e. The second-order valence-corrected chi connectivity index (χ2v) is 4.55. The van der Waals surface area contributed by atoms with Gasteiger partial charge in [-0.3, -0.25) is 0 Å². The Morgan fingerprint density at radius 1 is 1.28 bits per heavy atom. The molecule has 1 unspecified atom stereocenters. The summed E-state index contributed by atoms with van der Waals surface area (Å²) in [5.74, 6) is 1.11. The molecule has 0 saturated carbocycles. The first-order valence-corrected chi connectivity index (χ1v) is 6.34. The van der Waals surface area contributed by atoms with Gasteiger partial charge in [0.15, 0.2) is 11.5 Å². The molecule has 1 atom stereocenters. The second-order valence-electron chi connectivity index (χ2n) is 4.55. The zero-order valence-electron chi connectivity index (χ0n) is 11.0.